The second-order valence-electron chi connectivity index (χ2n) is 4.25. The fourth-order valence-corrected chi connectivity index (χ4v) is 1.98. The fourth-order valence-electron chi connectivity index (χ4n) is 1.80. The van der Waals surface area contributed by atoms with Crippen LogP contribution in [0.2, 0.25) is 5.02 Å². The monoisotopic (exact) mass is 318 g/mol. The molecule has 0 N–H and O–H groups in total. The van der Waals surface area contributed by atoms with Crippen molar-refractivity contribution in [3.05, 3.63) is 40.7 Å². The van der Waals surface area contributed by atoms with Gasteiger partial charge < -0.3 is 4.74 Å². The third-order valence-electron chi connectivity index (χ3n) is 2.63. The minimum atomic E-state index is -4.74. The first-order chi connectivity index (χ1) is 9.70. The number of halogens is 4. The molecule has 0 saturated carbocycles. The van der Waals surface area contributed by atoms with Crippen molar-refractivity contribution >= 4 is 17.6 Å². The molecule has 0 bridgehead atoms. The van der Waals surface area contributed by atoms with Crippen molar-refractivity contribution < 1.29 is 22.7 Å². The zero-order valence-corrected chi connectivity index (χ0v) is 11.8. The second-order valence-corrected chi connectivity index (χ2v) is 4.68. The van der Waals surface area contributed by atoms with Crippen LogP contribution >= 0.6 is 11.6 Å². The van der Waals surface area contributed by atoms with Gasteiger partial charge in [0.15, 0.2) is 5.75 Å². The lowest BCUT2D eigenvalue weighted by molar-refractivity contribution is -0.144. The highest BCUT2D eigenvalue weighted by Gasteiger charge is 2.40. The van der Waals surface area contributed by atoms with Crippen LogP contribution in [0.15, 0.2) is 24.3 Å². The van der Waals surface area contributed by atoms with E-state index in [0.29, 0.717) is 10.7 Å². The van der Waals surface area contributed by atoms with Crippen molar-refractivity contribution in [1.29, 1.82) is 0 Å². The zero-order valence-electron chi connectivity index (χ0n) is 11.0. The Kier molecular flexibility index (Phi) is 3.95. The van der Waals surface area contributed by atoms with Crippen LogP contribution in [0.4, 0.5) is 13.2 Å². The molecule has 2 rings (SSSR count). The molecule has 0 aliphatic carbocycles. The van der Waals surface area contributed by atoms with Crippen molar-refractivity contribution in [3.63, 3.8) is 0 Å². The third-order valence-corrected chi connectivity index (χ3v) is 2.86. The number of nitrogens with zero attached hydrogens (tertiary/aromatic N) is 2. The number of alkyl halides is 3. The van der Waals surface area contributed by atoms with E-state index >= 15 is 0 Å². The number of benzene rings is 1. The van der Waals surface area contributed by atoms with E-state index in [1.54, 1.807) is 18.2 Å². The van der Waals surface area contributed by atoms with Gasteiger partial charge in [0.2, 0.25) is 5.69 Å². The first kappa shape index (κ1) is 15.4. The molecular formula is C13H10ClF3N2O2. The van der Waals surface area contributed by atoms with Crippen LogP contribution in [0, 0.1) is 6.92 Å². The largest absolute Gasteiger partial charge is 0.438 e. The van der Waals surface area contributed by atoms with Crippen LogP contribution in [0.5, 0.6) is 5.75 Å². The highest BCUT2D eigenvalue weighted by Crippen LogP contribution is 2.38. The maximum Gasteiger partial charge on any atom is 0.438 e. The normalized spacial score (nSPS) is 11.5. The van der Waals surface area contributed by atoms with Crippen molar-refractivity contribution in [2.45, 2.75) is 20.0 Å². The van der Waals surface area contributed by atoms with Crippen molar-refractivity contribution in [2.24, 2.45) is 0 Å². The number of carbonyl (C=O) groups excluding carboxylic acids is 1. The molecule has 0 spiro atoms. The van der Waals surface area contributed by atoms with Crippen LogP contribution in [-0.4, -0.2) is 15.7 Å². The van der Waals surface area contributed by atoms with Gasteiger partial charge in [-0.2, -0.15) is 18.3 Å². The topological polar surface area (TPSA) is 44.1 Å². The summed E-state index contributed by atoms with van der Waals surface area (Å²) >= 11 is 5.82. The molecule has 112 valence electrons. The average Bonchev–Trinajstić information content (AvgIpc) is 2.66. The molecule has 0 fully saturated rings. The summed E-state index contributed by atoms with van der Waals surface area (Å²) in [6.45, 7) is 2.40. The summed E-state index contributed by atoms with van der Waals surface area (Å²) in [5.74, 6) is -1.45. The molecule has 21 heavy (non-hydrogen) atoms. The summed E-state index contributed by atoms with van der Waals surface area (Å²) in [7, 11) is 0. The smallest absolute Gasteiger partial charge is 0.422 e. The van der Waals surface area contributed by atoms with Gasteiger partial charge in [-0.15, -0.1) is 0 Å². The maximum atomic E-state index is 13.0. The lowest BCUT2D eigenvalue weighted by atomic mass is 10.3. The van der Waals surface area contributed by atoms with Crippen molar-refractivity contribution in [2.75, 3.05) is 0 Å². The van der Waals surface area contributed by atoms with Gasteiger partial charge in [0.1, 0.15) is 0 Å². The number of esters is 1. The van der Waals surface area contributed by atoms with E-state index in [9.17, 15) is 18.0 Å². The molecule has 1 aromatic heterocycles. The number of rotatable bonds is 2. The quantitative estimate of drug-likeness (QED) is 0.792. The Morgan fingerprint density at radius 3 is 2.57 bits per heavy atom. The average molecular weight is 319 g/mol. The van der Waals surface area contributed by atoms with Gasteiger partial charge >= 0.3 is 12.1 Å². The summed E-state index contributed by atoms with van der Waals surface area (Å²) in [6.07, 6.45) is -4.74. The van der Waals surface area contributed by atoms with Crippen LogP contribution < -0.4 is 4.74 Å². The number of hydrogen-bond donors (Lipinski definition) is 0. The Balaban J connectivity index is 2.64. The summed E-state index contributed by atoms with van der Waals surface area (Å²) < 4.78 is 44.7. The summed E-state index contributed by atoms with van der Waals surface area (Å²) in [6, 6.07) is 6.17. The molecule has 1 aromatic carbocycles. The number of hydrogen-bond acceptors (Lipinski definition) is 3. The Hall–Kier alpha value is -2.02. The number of aromatic nitrogens is 2. The summed E-state index contributed by atoms with van der Waals surface area (Å²) in [5.41, 5.74) is -0.862. The van der Waals surface area contributed by atoms with E-state index < -0.39 is 23.6 Å². The summed E-state index contributed by atoms with van der Waals surface area (Å²) in [4.78, 5) is 11.0. The van der Waals surface area contributed by atoms with E-state index in [-0.39, 0.29) is 5.69 Å². The van der Waals surface area contributed by atoms with Crippen LogP contribution in [-0.2, 0) is 11.0 Å². The highest BCUT2D eigenvalue weighted by molar-refractivity contribution is 6.30. The van der Waals surface area contributed by atoms with Gasteiger partial charge in [-0.05, 0) is 25.1 Å². The van der Waals surface area contributed by atoms with Crippen LogP contribution in [0.1, 0.15) is 18.3 Å². The standard InChI is InChI=1S/C13H10ClF3N2O2/c1-7-11(21-8(2)20)12(13(15,16)17)18-19(7)10-5-3-4-9(14)6-10/h3-6H,1-2H3. The van der Waals surface area contributed by atoms with Gasteiger partial charge in [-0.3, -0.25) is 4.79 Å². The predicted octanol–water partition coefficient (Wildman–Crippen LogP) is 3.78. The van der Waals surface area contributed by atoms with Crippen LogP contribution in [0.3, 0.4) is 0 Å². The molecule has 0 atom stereocenters. The number of carbonyl (C=O) groups is 1. The lowest BCUT2D eigenvalue weighted by Crippen LogP contribution is -2.11. The minimum Gasteiger partial charge on any atom is -0.422 e. The van der Waals surface area contributed by atoms with Gasteiger partial charge in [0.25, 0.3) is 0 Å². The minimum absolute atomic E-state index is 0.0554. The Morgan fingerprint density at radius 1 is 1.38 bits per heavy atom. The molecule has 4 nitrogen and oxygen atoms in total. The molecule has 0 amide bonds. The molecule has 0 unspecified atom stereocenters. The van der Waals surface area contributed by atoms with Crippen LogP contribution in [0.25, 0.3) is 5.69 Å². The molecular weight excluding hydrogens is 309 g/mol. The molecule has 0 aliphatic heterocycles. The van der Waals surface area contributed by atoms with E-state index in [4.69, 9.17) is 11.6 Å². The first-order valence-electron chi connectivity index (χ1n) is 5.81. The van der Waals surface area contributed by atoms with Gasteiger partial charge in [-0.1, -0.05) is 17.7 Å². The molecule has 1 heterocycles. The SMILES string of the molecule is CC(=O)Oc1c(C(F)(F)F)nn(-c2cccc(Cl)c2)c1C. The van der Waals surface area contributed by atoms with E-state index in [1.165, 1.54) is 13.0 Å². The lowest BCUT2D eigenvalue weighted by Gasteiger charge is -2.06. The fraction of sp³-hybridized carbons (Fsp3) is 0.231. The van der Waals surface area contributed by atoms with Gasteiger partial charge in [-0.25, -0.2) is 4.68 Å². The third kappa shape index (κ3) is 3.18. The highest BCUT2D eigenvalue weighted by atomic mass is 35.5. The van der Waals surface area contributed by atoms with Crippen molar-refractivity contribution in [1.82, 2.24) is 9.78 Å². The molecule has 2 aromatic rings. The maximum absolute atomic E-state index is 13.0. The molecule has 0 aliphatic rings. The van der Waals surface area contributed by atoms with E-state index in [0.717, 1.165) is 11.6 Å². The Labute approximate surface area is 123 Å². The zero-order chi connectivity index (χ0) is 15.8. The van der Waals surface area contributed by atoms with Gasteiger partial charge in [0.05, 0.1) is 11.4 Å². The molecule has 0 radical (unpaired) electrons. The number of ether oxygens (including phenoxy) is 1. The molecule has 0 saturated heterocycles. The van der Waals surface area contributed by atoms with Crippen molar-refractivity contribution in [3.8, 4) is 11.4 Å². The van der Waals surface area contributed by atoms with E-state index in [1.807, 2.05) is 0 Å². The second kappa shape index (κ2) is 5.40. The Morgan fingerprint density at radius 2 is 2.05 bits per heavy atom. The van der Waals surface area contributed by atoms with E-state index in [2.05, 4.69) is 9.84 Å². The Bertz CT molecular complexity index is 695. The van der Waals surface area contributed by atoms with Gasteiger partial charge in [0, 0.05) is 11.9 Å². The predicted molar refractivity (Wildman–Crippen MR) is 69.6 cm³/mol. The summed E-state index contributed by atoms with van der Waals surface area (Å²) in [5, 5.41) is 3.85. The molecule has 8 heteroatoms. The first-order valence-corrected chi connectivity index (χ1v) is 6.19.